The first-order valence-corrected chi connectivity index (χ1v) is 7.35. The number of amides is 1. The summed E-state index contributed by atoms with van der Waals surface area (Å²) in [5.41, 5.74) is 0.787. The van der Waals surface area contributed by atoms with Gasteiger partial charge in [-0.2, -0.15) is 0 Å². The second-order valence-corrected chi connectivity index (χ2v) is 6.64. The number of alkyl halides is 3. The van der Waals surface area contributed by atoms with Crippen molar-refractivity contribution in [3.8, 4) is 0 Å². The SMILES string of the molecule is CCC(=O)NC(NC(=S)Nc1ccccc1)C(Cl)(Cl)Cl. The van der Waals surface area contributed by atoms with E-state index in [1.807, 2.05) is 30.3 Å². The monoisotopic (exact) mass is 353 g/mol. The number of rotatable bonds is 4. The van der Waals surface area contributed by atoms with E-state index in [9.17, 15) is 4.79 Å². The molecule has 1 aromatic carbocycles. The van der Waals surface area contributed by atoms with Gasteiger partial charge in [-0.05, 0) is 24.4 Å². The van der Waals surface area contributed by atoms with E-state index >= 15 is 0 Å². The molecular formula is C12H14Cl3N3OS. The molecule has 0 spiro atoms. The first kappa shape index (κ1) is 17.3. The molecule has 0 aromatic heterocycles. The van der Waals surface area contributed by atoms with E-state index in [0.29, 0.717) is 0 Å². The summed E-state index contributed by atoms with van der Waals surface area (Å²) >= 11 is 22.6. The van der Waals surface area contributed by atoms with Crippen molar-refractivity contribution in [2.45, 2.75) is 23.3 Å². The van der Waals surface area contributed by atoms with E-state index in [1.165, 1.54) is 0 Å². The topological polar surface area (TPSA) is 53.2 Å². The number of anilines is 1. The van der Waals surface area contributed by atoms with E-state index in [2.05, 4.69) is 16.0 Å². The van der Waals surface area contributed by atoms with Gasteiger partial charge >= 0.3 is 0 Å². The van der Waals surface area contributed by atoms with E-state index < -0.39 is 9.96 Å². The van der Waals surface area contributed by atoms with Gasteiger partial charge < -0.3 is 16.0 Å². The average molecular weight is 355 g/mol. The largest absolute Gasteiger partial charge is 0.339 e. The standard InChI is InChI=1S/C12H14Cl3N3OS/c1-2-9(19)17-10(12(13,14)15)18-11(20)16-8-6-4-3-5-7-8/h3-7,10H,2H2,1H3,(H,17,19)(H2,16,18,20). The van der Waals surface area contributed by atoms with Gasteiger partial charge in [0.2, 0.25) is 9.70 Å². The first-order valence-electron chi connectivity index (χ1n) is 5.81. The Labute approximate surface area is 138 Å². The second kappa shape index (κ2) is 7.88. The van der Waals surface area contributed by atoms with Crippen LogP contribution in [0.4, 0.5) is 5.69 Å². The molecule has 3 N–H and O–H groups in total. The Hall–Kier alpha value is -0.750. The summed E-state index contributed by atoms with van der Waals surface area (Å²) in [6.45, 7) is 1.70. The van der Waals surface area contributed by atoms with Crippen molar-refractivity contribution in [3.63, 3.8) is 0 Å². The number of carbonyl (C=O) groups is 1. The number of halogens is 3. The third kappa shape index (κ3) is 6.13. The first-order chi connectivity index (χ1) is 9.32. The zero-order valence-electron chi connectivity index (χ0n) is 10.6. The summed E-state index contributed by atoms with van der Waals surface area (Å²) in [6.07, 6.45) is -0.652. The van der Waals surface area contributed by atoms with Gasteiger partial charge in [0.1, 0.15) is 6.17 Å². The maximum absolute atomic E-state index is 11.4. The van der Waals surface area contributed by atoms with Crippen LogP contribution in [0.25, 0.3) is 0 Å². The summed E-state index contributed by atoms with van der Waals surface area (Å²) in [6, 6.07) is 9.27. The van der Waals surface area contributed by atoms with Crippen LogP contribution in [0.5, 0.6) is 0 Å². The molecule has 1 amide bonds. The summed E-state index contributed by atoms with van der Waals surface area (Å²) in [7, 11) is 0. The highest BCUT2D eigenvalue weighted by Gasteiger charge is 2.34. The summed E-state index contributed by atoms with van der Waals surface area (Å²) < 4.78 is -1.73. The van der Waals surface area contributed by atoms with Crippen LogP contribution in [0, 0.1) is 0 Å². The zero-order chi connectivity index (χ0) is 15.2. The third-order valence-electron chi connectivity index (χ3n) is 2.26. The quantitative estimate of drug-likeness (QED) is 0.441. The highest BCUT2D eigenvalue weighted by molar-refractivity contribution is 7.80. The van der Waals surface area contributed by atoms with E-state index in [1.54, 1.807) is 6.92 Å². The summed E-state index contributed by atoms with van der Waals surface area (Å²) in [5.74, 6) is -0.253. The van der Waals surface area contributed by atoms with Crippen LogP contribution in [0.15, 0.2) is 30.3 Å². The molecule has 0 radical (unpaired) electrons. The molecule has 1 rings (SSSR count). The van der Waals surface area contributed by atoms with Gasteiger partial charge in [-0.3, -0.25) is 4.79 Å². The minimum atomic E-state index is -1.73. The van der Waals surface area contributed by atoms with Crippen molar-refractivity contribution in [3.05, 3.63) is 30.3 Å². The Kier molecular flexibility index (Phi) is 6.82. The van der Waals surface area contributed by atoms with Crippen molar-refractivity contribution in [2.75, 3.05) is 5.32 Å². The molecule has 1 atom stereocenters. The van der Waals surface area contributed by atoms with E-state index in [-0.39, 0.29) is 17.4 Å². The fourth-order valence-corrected chi connectivity index (χ4v) is 1.85. The van der Waals surface area contributed by atoms with Crippen LogP contribution in [-0.4, -0.2) is 21.0 Å². The fourth-order valence-electron chi connectivity index (χ4n) is 1.28. The molecule has 0 heterocycles. The molecule has 0 aliphatic rings. The third-order valence-corrected chi connectivity index (χ3v) is 3.14. The molecule has 0 aliphatic heterocycles. The molecule has 110 valence electrons. The molecular weight excluding hydrogens is 341 g/mol. The summed E-state index contributed by atoms with van der Waals surface area (Å²) in [4.78, 5) is 11.4. The number of hydrogen-bond donors (Lipinski definition) is 3. The molecule has 0 bridgehead atoms. The Bertz CT molecular complexity index is 465. The van der Waals surface area contributed by atoms with Gasteiger partial charge in [-0.1, -0.05) is 59.9 Å². The van der Waals surface area contributed by atoms with Gasteiger partial charge in [-0.15, -0.1) is 0 Å². The fraction of sp³-hybridized carbons (Fsp3) is 0.333. The Morgan fingerprint density at radius 1 is 1.25 bits per heavy atom. The lowest BCUT2D eigenvalue weighted by atomic mass is 10.3. The predicted octanol–water partition coefficient (Wildman–Crippen LogP) is 3.20. The Balaban J connectivity index is 2.65. The second-order valence-electron chi connectivity index (χ2n) is 3.86. The van der Waals surface area contributed by atoms with Gasteiger partial charge in [0, 0.05) is 12.1 Å². The maximum Gasteiger partial charge on any atom is 0.228 e. The zero-order valence-corrected chi connectivity index (χ0v) is 13.7. The van der Waals surface area contributed by atoms with Crippen LogP contribution in [0.1, 0.15) is 13.3 Å². The van der Waals surface area contributed by atoms with Gasteiger partial charge in [-0.25, -0.2) is 0 Å². The van der Waals surface area contributed by atoms with Crippen LogP contribution in [-0.2, 0) is 4.79 Å². The van der Waals surface area contributed by atoms with Crippen LogP contribution in [0.2, 0.25) is 0 Å². The normalized spacial score (nSPS) is 12.4. The van der Waals surface area contributed by atoms with Crippen LogP contribution < -0.4 is 16.0 Å². The molecule has 0 aliphatic carbocycles. The molecule has 0 fully saturated rings. The Morgan fingerprint density at radius 3 is 2.35 bits per heavy atom. The molecule has 0 saturated heterocycles. The lowest BCUT2D eigenvalue weighted by molar-refractivity contribution is -0.121. The summed E-state index contributed by atoms with van der Waals surface area (Å²) in [5, 5.41) is 8.48. The van der Waals surface area contributed by atoms with Crippen molar-refractivity contribution in [2.24, 2.45) is 0 Å². The van der Waals surface area contributed by atoms with Crippen molar-refractivity contribution in [1.29, 1.82) is 0 Å². The lowest BCUT2D eigenvalue weighted by Gasteiger charge is -2.27. The van der Waals surface area contributed by atoms with Crippen LogP contribution >= 0.6 is 47.0 Å². The van der Waals surface area contributed by atoms with Crippen molar-refractivity contribution >= 4 is 63.7 Å². The van der Waals surface area contributed by atoms with Crippen molar-refractivity contribution < 1.29 is 4.79 Å². The molecule has 1 unspecified atom stereocenters. The predicted molar refractivity (Wildman–Crippen MR) is 88.3 cm³/mol. The molecule has 1 aromatic rings. The molecule has 20 heavy (non-hydrogen) atoms. The number of para-hydroxylation sites is 1. The van der Waals surface area contributed by atoms with E-state index in [4.69, 9.17) is 47.0 Å². The maximum atomic E-state index is 11.4. The number of benzene rings is 1. The number of hydrogen-bond acceptors (Lipinski definition) is 2. The highest BCUT2D eigenvalue weighted by Crippen LogP contribution is 2.29. The molecule has 0 saturated carbocycles. The smallest absolute Gasteiger partial charge is 0.228 e. The Morgan fingerprint density at radius 2 is 1.85 bits per heavy atom. The molecule has 4 nitrogen and oxygen atoms in total. The molecule has 8 heteroatoms. The van der Waals surface area contributed by atoms with Gasteiger partial charge in [0.05, 0.1) is 0 Å². The highest BCUT2D eigenvalue weighted by atomic mass is 35.6. The lowest BCUT2D eigenvalue weighted by Crippen LogP contribution is -2.56. The van der Waals surface area contributed by atoms with Gasteiger partial charge in [0.25, 0.3) is 0 Å². The van der Waals surface area contributed by atoms with Gasteiger partial charge in [0.15, 0.2) is 5.11 Å². The van der Waals surface area contributed by atoms with E-state index in [0.717, 1.165) is 5.69 Å². The average Bonchev–Trinajstić information content (AvgIpc) is 2.37. The van der Waals surface area contributed by atoms with Crippen molar-refractivity contribution in [1.82, 2.24) is 10.6 Å². The minimum Gasteiger partial charge on any atom is -0.339 e. The number of thiocarbonyl (C=S) groups is 1. The number of carbonyl (C=O) groups excluding carboxylic acids is 1. The number of nitrogens with one attached hydrogen (secondary N) is 3. The minimum absolute atomic E-state index is 0.240. The van der Waals surface area contributed by atoms with Crippen LogP contribution in [0.3, 0.4) is 0 Å².